The summed E-state index contributed by atoms with van der Waals surface area (Å²) in [5.74, 6) is 2.72. The Balaban J connectivity index is 1.18. The highest BCUT2D eigenvalue weighted by Crippen LogP contribution is 2.44. The van der Waals surface area contributed by atoms with Gasteiger partial charge in [0.1, 0.15) is 12.2 Å². The fraction of sp³-hybridized carbons (Fsp3) is 0.333. The predicted octanol–water partition coefficient (Wildman–Crippen LogP) is 5.76. The third kappa shape index (κ3) is 6.07. The van der Waals surface area contributed by atoms with E-state index in [1.807, 2.05) is 63.2 Å². The number of benzene rings is 3. The average Bonchev–Trinajstić information content (AvgIpc) is 3.27. The van der Waals surface area contributed by atoms with E-state index in [1.165, 1.54) is 22.3 Å². The maximum atomic E-state index is 12.7. The molecule has 1 heterocycles. The zero-order valence-electron chi connectivity index (χ0n) is 23.3. The third-order valence-electron chi connectivity index (χ3n) is 7.22. The maximum absolute atomic E-state index is 12.7. The number of hydrogen-bond donors (Lipinski definition) is 1. The zero-order chi connectivity index (χ0) is 28.3. The summed E-state index contributed by atoms with van der Waals surface area (Å²) in [6.07, 6.45) is 4.97. The lowest BCUT2D eigenvalue weighted by Gasteiger charge is -2.37. The molecular formula is C33H35N3O4. The van der Waals surface area contributed by atoms with Crippen molar-refractivity contribution < 1.29 is 19.1 Å². The minimum Gasteiger partial charge on any atom is -0.449 e. The van der Waals surface area contributed by atoms with Crippen LogP contribution in [0.25, 0.3) is 11.1 Å². The number of carbonyl (C=O) groups is 2. The molecule has 3 aromatic carbocycles. The third-order valence-corrected chi connectivity index (χ3v) is 7.22. The Hall–Kier alpha value is -4.44. The van der Waals surface area contributed by atoms with E-state index in [0.717, 1.165) is 16.8 Å². The van der Waals surface area contributed by atoms with Crippen LogP contribution in [-0.2, 0) is 16.0 Å². The molecule has 3 aromatic rings. The Labute approximate surface area is 236 Å². The topological polar surface area (TPSA) is 71.1 Å². The molecule has 7 heteroatoms. The lowest BCUT2D eigenvalue weighted by molar-refractivity contribution is 0.0240. The molecule has 0 bridgehead atoms. The van der Waals surface area contributed by atoms with Crippen molar-refractivity contribution in [1.29, 1.82) is 0 Å². The van der Waals surface area contributed by atoms with Gasteiger partial charge in [0.05, 0.1) is 0 Å². The quantitative estimate of drug-likeness (QED) is 0.419. The molecule has 0 unspecified atom stereocenters. The molecule has 1 aliphatic heterocycles. The van der Waals surface area contributed by atoms with Crippen LogP contribution in [0.15, 0.2) is 66.7 Å². The van der Waals surface area contributed by atoms with Crippen LogP contribution in [0.3, 0.4) is 0 Å². The standard InChI is InChI=1S/C33H35N3O4/c1-5-23-18-24(20-25(19-23)35-14-16-36(17-15-35)32(38)40-33(2,3)4)21-34-31(37)39-22-30-28-12-8-6-10-26(28)27-11-7-9-13-29(27)30/h1,6-13,18-20,30H,14-17,21-22H2,2-4H3,(H,34,37). The number of hydrogen-bond acceptors (Lipinski definition) is 5. The van der Waals surface area contributed by atoms with E-state index >= 15 is 0 Å². The van der Waals surface area contributed by atoms with Gasteiger partial charge in [-0.2, -0.15) is 0 Å². The number of fused-ring (bicyclic) bond motifs is 3. The van der Waals surface area contributed by atoms with Crippen LogP contribution in [0.5, 0.6) is 0 Å². The SMILES string of the molecule is C#Cc1cc(CNC(=O)OCC2c3ccccc3-c3ccccc32)cc(N2CCN(C(=O)OC(C)(C)C)CC2)c1. The van der Waals surface area contributed by atoms with E-state index in [1.54, 1.807) is 4.90 Å². The number of ether oxygens (including phenoxy) is 2. The largest absolute Gasteiger partial charge is 0.449 e. The first-order chi connectivity index (χ1) is 19.2. The second-order valence-corrected chi connectivity index (χ2v) is 11.2. The first-order valence-electron chi connectivity index (χ1n) is 13.6. The van der Waals surface area contributed by atoms with E-state index in [4.69, 9.17) is 15.9 Å². The summed E-state index contributed by atoms with van der Waals surface area (Å²) in [6, 6.07) is 22.4. The van der Waals surface area contributed by atoms with Gasteiger partial charge in [0, 0.05) is 49.9 Å². The van der Waals surface area contributed by atoms with Gasteiger partial charge < -0.3 is 24.6 Å². The fourth-order valence-electron chi connectivity index (χ4n) is 5.34. The van der Waals surface area contributed by atoms with Crippen LogP contribution in [0.2, 0.25) is 0 Å². The van der Waals surface area contributed by atoms with Gasteiger partial charge in [-0.3, -0.25) is 0 Å². The molecule has 206 valence electrons. The molecule has 2 amide bonds. The Bertz CT molecular complexity index is 1400. The van der Waals surface area contributed by atoms with Crippen molar-refractivity contribution in [3.8, 4) is 23.5 Å². The van der Waals surface area contributed by atoms with Gasteiger partial charge in [-0.1, -0.05) is 54.5 Å². The number of terminal acetylenes is 1. The van der Waals surface area contributed by atoms with Gasteiger partial charge in [-0.05, 0) is 66.8 Å². The Kier molecular flexibility index (Phi) is 7.70. The van der Waals surface area contributed by atoms with Crippen LogP contribution in [0.4, 0.5) is 15.3 Å². The van der Waals surface area contributed by atoms with Crippen LogP contribution in [0, 0.1) is 12.3 Å². The highest BCUT2D eigenvalue weighted by Gasteiger charge is 2.29. The fourth-order valence-corrected chi connectivity index (χ4v) is 5.34. The number of carbonyl (C=O) groups excluding carboxylic acids is 2. The Morgan fingerprint density at radius 1 is 0.950 bits per heavy atom. The van der Waals surface area contributed by atoms with E-state index in [9.17, 15) is 9.59 Å². The van der Waals surface area contributed by atoms with E-state index < -0.39 is 11.7 Å². The lowest BCUT2D eigenvalue weighted by Crippen LogP contribution is -2.50. The number of piperazine rings is 1. The van der Waals surface area contributed by atoms with Crippen molar-refractivity contribution in [2.75, 3.05) is 37.7 Å². The minimum atomic E-state index is -0.523. The molecule has 5 rings (SSSR count). The summed E-state index contributed by atoms with van der Waals surface area (Å²) in [7, 11) is 0. The molecule has 0 spiro atoms. The second kappa shape index (κ2) is 11.4. The first kappa shape index (κ1) is 27.1. The number of nitrogens with zero attached hydrogens (tertiary/aromatic N) is 2. The van der Waals surface area contributed by atoms with Crippen molar-refractivity contribution in [3.63, 3.8) is 0 Å². The van der Waals surface area contributed by atoms with Gasteiger partial charge in [0.25, 0.3) is 0 Å². The summed E-state index contributed by atoms with van der Waals surface area (Å²) in [5, 5.41) is 2.88. The smallest absolute Gasteiger partial charge is 0.410 e. The molecule has 1 aliphatic carbocycles. The Morgan fingerprint density at radius 2 is 1.57 bits per heavy atom. The molecule has 7 nitrogen and oxygen atoms in total. The van der Waals surface area contributed by atoms with Crippen molar-refractivity contribution in [1.82, 2.24) is 10.2 Å². The maximum Gasteiger partial charge on any atom is 0.410 e. The van der Waals surface area contributed by atoms with Crippen molar-refractivity contribution >= 4 is 17.9 Å². The summed E-state index contributed by atoms with van der Waals surface area (Å²) < 4.78 is 11.2. The number of alkyl carbamates (subject to hydrolysis) is 1. The van der Waals surface area contributed by atoms with Crippen LogP contribution < -0.4 is 10.2 Å². The first-order valence-corrected chi connectivity index (χ1v) is 13.6. The van der Waals surface area contributed by atoms with Gasteiger partial charge in [0.2, 0.25) is 0 Å². The number of nitrogens with one attached hydrogen (secondary N) is 1. The van der Waals surface area contributed by atoms with E-state index in [-0.39, 0.29) is 25.2 Å². The normalized spacial score (nSPS) is 14.7. The van der Waals surface area contributed by atoms with Crippen molar-refractivity contribution in [2.45, 2.75) is 38.8 Å². The molecule has 0 radical (unpaired) electrons. The molecule has 0 atom stereocenters. The molecule has 1 saturated heterocycles. The van der Waals surface area contributed by atoms with Crippen molar-refractivity contribution in [3.05, 3.63) is 89.0 Å². The summed E-state index contributed by atoms with van der Waals surface area (Å²) in [6.45, 7) is 8.58. The molecule has 2 aliphatic rings. The van der Waals surface area contributed by atoms with Crippen molar-refractivity contribution in [2.24, 2.45) is 0 Å². The monoisotopic (exact) mass is 537 g/mol. The van der Waals surface area contributed by atoms with Gasteiger partial charge in [-0.25, -0.2) is 9.59 Å². The summed E-state index contributed by atoms with van der Waals surface area (Å²) >= 11 is 0. The summed E-state index contributed by atoms with van der Waals surface area (Å²) in [5.41, 5.74) is 6.79. The minimum absolute atomic E-state index is 0.00821. The molecule has 0 saturated carbocycles. The Morgan fingerprint density at radius 3 is 2.17 bits per heavy atom. The van der Waals surface area contributed by atoms with E-state index in [2.05, 4.69) is 40.4 Å². The number of anilines is 1. The number of amides is 2. The lowest BCUT2D eigenvalue weighted by atomic mass is 9.98. The highest BCUT2D eigenvalue weighted by atomic mass is 16.6. The highest BCUT2D eigenvalue weighted by molar-refractivity contribution is 5.79. The van der Waals surface area contributed by atoms with Gasteiger partial charge in [-0.15, -0.1) is 6.42 Å². The van der Waals surface area contributed by atoms with Crippen LogP contribution in [-0.4, -0.2) is 55.5 Å². The molecule has 1 N–H and O–H groups in total. The van der Waals surface area contributed by atoms with Crippen LogP contribution in [0.1, 0.15) is 48.9 Å². The molecule has 40 heavy (non-hydrogen) atoms. The number of rotatable bonds is 5. The zero-order valence-corrected chi connectivity index (χ0v) is 23.3. The second-order valence-electron chi connectivity index (χ2n) is 11.2. The van der Waals surface area contributed by atoms with E-state index in [0.29, 0.717) is 26.2 Å². The van der Waals surface area contributed by atoms with Gasteiger partial charge in [0.15, 0.2) is 0 Å². The predicted molar refractivity (Wildman–Crippen MR) is 156 cm³/mol. The molecule has 0 aromatic heterocycles. The molecular weight excluding hydrogens is 502 g/mol. The average molecular weight is 538 g/mol. The summed E-state index contributed by atoms with van der Waals surface area (Å²) in [4.78, 5) is 29.1. The molecule has 1 fully saturated rings. The van der Waals surface area contributed by atoms with Gasteiger partial charge >= 0.3 is 12.2 Å². The van der Waals surface area contributed by atoms with Crippen LogP contribution >= 0.6 is 0 Å².